The Labute approximate surface area is 105 Å². The van der Waals surface area contributed by atoms with Gasteiger partial charge in [-0.2, -0.15) is 0 Å². The van der Waals surface area contributed by atoms with Crippen LogP contribution in [0.1, 0.15) is 48.7 Å². The minimum Gasteiger partial charge on any atom is -0.480 e. The van der Waals surface area contributed by atoms with Gasteiger partial charge < -0.3 is 5.11 Å². The molecular formula is C12H18N2O2S. The van der Waals surface area contributed by atoms with Crippen LogP contribution in [0.15, 0.2) is 5.51 Å². The third-order valence-electron chi connectivity index (χ3n) is 3.30. The number of nitrogens with zero attached hydrogens (tertiary/aromatic N) is 1. The van der Waals surface area contributed by atoms with Crippen LogP contribution in [0.3, 0.4) is 0 Å². The van der Waals surface area contributed by atoms with E-state index < -0.39 is 12.0 Å². The van der Waals surface area contributed by atoms with Gasteiger partial charge >= 0.3 is 5.97 Å². The van der Waals surface area contributed by atoms with Gasteiger partial charge in [-0.25, -0.2) is 4.98 Å². The zero-order valence-electron chi connectivity index (χ0n) is 9.98. The van der Waals surface area contributed by atoms with Crippen LogP contribution in [-0.2, 0) is 4.79 Å². The number of carboxylic acid groups (broad SMARTS) is 1. The maximum absolute atomic E-state index is 11.3. The van der Waals surface area contributed by atoms with Crippen molar-refractivity contribution in [1.82, 2.24) is 10.3 Å². The summed E-state index contributed by atoms with van der Waals surface area (Å²) < 4.78 is 0. The van der Waals surface area contributed by atoms with Gasteiger partial charge in [0.05, 0.1) is 16.1 Å². The molecule has 0 aromatic carbocycles. The topological polar surface area (TPSA) is 62.2 Å². The van der Waals surface area contributed by atoms with Gasteiger partial charge in [0, 0.05) is 6.04 Å². The molecule has 1 aromatic rings. The molecule has 1 heterocycles. The van der Waals surface area contributed by atoms with Crippen molar-refractivity contribution in [2.45, 2.75) is 51.1 Å². The molecule has 1 aliphatic rings. The Morgan fingerprint density at radius 1 is 1.53 bits per heavy atom. The number of aryl methyl sites for hydroxylation is 1. The number of hydrogen-bond donors (Lipinski definition) is 2. The second kappa shape index (κ2) is 5.60. The number of nitrogens with one attached hydrogen (secondary N) is 1. The lowest BCUT2D eigenvalue weighted by Gasteiger charge is -2.26. The van der Waals surface area contributed by atoms with Gasteiger partial charge in [-0.15, -0.1) is 11.3 Å². The van der Waals surface area contributed by atoms with E-state index in [1.807, 2.05) is 6.92 Å². The summed E-state index contributed by atoms with van der Waals surface area (Å²) in [7, 11) is 0. The Balaban J connectivity index is 2.07. The molecule has 5 heteroatoms. The highest BCUT2D eigenvalue weighted by Crippen LogP contribution is 2.25. The lowest BCUT2D eigenvalue weighted by atomic mass is 9.94. The molecule has 0 aliphatic heterocycles. The van der Waals surface area contributed by atoms with E-state index in [-0.39, 0.29) is 0 Å². The number of carboxylic acids is 1. The SMILES string of the molecule is Cc1ncsc1C(NC1CCCCC1)C(=O)O. The van der Waals surface area contributed by atoms with Crippen LogP contribution in [0, 0.1) is 6.92 Å². The molecule has 1 atom stereocenters. The number of aliphatic carboxylic acids is 1. The Hall–Kier alpha value is -0.940. The van der Waals surface area contributed by atoms with Crippen LogP contribution in [0.25, 0.3) is 0 Å². The van der Waals surface area contributed by atoms with E-state index in [9.17, 15) is 9.90 Å². The summed E-state index contributed by atoms with van der Waals surface area (Å²) in [5, 5.41) is 12.6. The predicted molar refractivity (Wildman–Crippen MR) is 67.2 cm³/mol. The Kier molecular flexibility index (Phi) is 4.12. The van der Waals surface area contributed by atoms with Crippen molar-refractivity contribution < 1.29 is 9.90 Å². The van der Waals surface area contributed by atoms with E-state index in [4.69, 9.17) is 0 Å². The highest BCUT2D eigenvalue weighted by atomic mass is 32.1. The lowest BCUT2D eigenvalue weighted by molar-refractivity contribution is -0.139. The normalized spacial score (nSPS) is 19.1. The molecule has 1 unspecified atom stereocenters. The summed E-state index contributed by atoms with van der Waals surface area (Å²) in [6, 6.07) is -0.253. The molecule has 17 heavy (non-hydrogen) atoms. The number of hydrogen-bond acceptors (Lipinski definition) is 4. The molecule has 2 rings (SSSR count). The fraction of sp³-hybridized carbons (Fsp3) is 0.667. The molecule has 0 bridgehead atoms. The van der Waals surface area contributed by atoms with Crippen molar-refractivity contribution in [3.63, 3.8) is 0 Å². The summed E-state index contributed by atoms with van der Waals surface area (Å²) in [6.07, 6.45) is 5.84. The van der Waals surface area contributed by atoms with E-state index in [1.165, 1.54) is 30.6 Å². The molecule has 2 N–H and O–H groups in total. The third-order valence-corrected chi connectivity index (χ3v) is 4.30. The fourth-order valence-corrected chi connectivity index (χ4v) is 3.20. The molecular weight excluding hydrogens is 236 g/mol. The molecule has 0 radical (unpaired) electrons. The Morgan fingerprint density at radius 3 is 2.76 bits per heavy atom. The number of carbonyl (C=O) groups is 1. The average Bonchev–Trinajstić information content (AvgIpc) is 2.73. The molecule has 1 aliphatic carbocycles. The number of thiazole rings is 1. The van der Waals surface area contributed by atoms with Crippen molar-refractivity contribution in [2.75, 3.05) is 0 Å². The van der Waals surface area contributed by atoms with Crippen molar-refractivity contribution in [3.05, 3.63) is 16.1 Å². The summed E-state index contributed by atoms with van der Waals surface area (Å²) in [6.45, 7) is 1.87. The van der Waals surface area contributed by atoms with E-state index in [1.54, 1.807) is 5.51 Å². The first-order valence-electron chi connectivity index (χ1n) is 6.07. The molecule has 0 saturated heterocycles. The molecule has 0 amide bonds. The van der Waals surface area contributed by atoms with E-state index in [2.05, 4.69) is 10.3 Å². The maximum Gasteiger partial charge on any atom is 0.326 e. The molecule has 1 fully saturated rings. The van der Waals surface area contributed by atoms with Crippen LogP contribution in [0.2, 0.25) is 0 Å². The maximum atomic E-state index is 11.3. The molecule has 0 spiro atoms. The third kappa shape index (κ3) is 3.04. The first kappa shape index (κ1) is 12.5. The minimum absolute atomic E-state index is 0.339. The summed E-state index contributed by atoms with van der Waals surface area (Å²) in [5.74, 6) is -0.803. The Bertz CT molecular complexity index is 386. The van der Waals surface area contributed by atoms with Crippen LogP contribution in [0.5, 0.6) is 0 Å². The minimum atomic E-state index is -0.803. The fourth-order valence-electron chi connectivity index (χ4n) is 2.35. The van der Waals surface area contributed by atoms with Gasteiger partial charge in [-0.05, 0) is 19.8 Å². The molecule has 4 nitrogen and oxygen atoms in total. The number of rotatable bonds is 4. The smallest absolute Gasteiger partial charge is 0.326 e. The van der Waals surface area contributed by atoms with Gasteiger partial charge in [0.15, 0.2) is 0 Å². The van der Waals surface area contributed by atoms with Crippen molar-refractivity contribution >= 4 is 17.3 Å². The van der Waals surface area contributed by atoms with Crippen LogP contribution in [-0.4, -0.2) is 22.1 Å². The molecule has 1 saturated carbocycles. The first-order valence-corrected chi connectivity index (χ1v) is 6.95. The van der Waals surface area contributed by atoms with Gasteiger partial charge in [-0.3, -0.25) is 10.1 Å². The van der Waals surface area contributed by atoms with E-state index in [0.29, 0.717) is 6.04 Å². The highest BCUT2D eigenvalue weighted by molar-refractivity contribution is 7.10. The first-order chi connectivity index (χ1) is 8.18. The summed E-state index contributed by atoms with van der Waals surface area (Å²) in [5.41, 5.74) is 2.54. The van der Waals surface area contributed by atoms with E-state index in [0.717, 1.165) is 23.4 Å². The predicted octanol–water partition coefficient (Wildman–Crippen LogP) is 2.50. The van der Waals surface area contributed by atoms with Crippen molar-refractivity contribution in [1.29, 1.82) is 0 Å². The quantitative estimate of drug-likeness (QED) is 0.866. The van der Waals surface area contributed by atoms with Crippen molar-refractivity contribution in [2.24, 2.45) is 0 Å². The molecule has 94 valence electrons. The molecule has 1 aromatic heterocycles. The lowest BCUT2D eigenvalue weighted by Crippen LogP contribution is -2.38. The highest BCUT2D eigenvalue weighted by Gasteiger charge is 2.27. The second-order valence-electron chi connectivity index (χ2n) is 4.57. The van der Waals surface area contributed by atoms with Gasteiger partial charge in [0.2, 0.25) is 0 Å². The second-order valence-corrected chi connectivity index (χ2v) is 5.46. The van der Waals surface area contributed by atoms with Crippen LogP contribution in [0.4, 0.5) is 0 Å². The van der Waals surface area contributed by atoms with Crippen LogP contribution >= 0.6 is 11.3 Å². The Morgan fingerprint density at radius 2 is 2.24 bits per heavy atom. The summed E-state index contributed by atoms with van der Waals surface area (Å²) in [4.78, 5) is 16.3. The zero-order valence-corrected chi connectivity index (χ0v) is 10.8. The van der Waals surface area contributed by atoms with E-state index >= 15 is 0 Å². The summed E-state index contributed by atoms with van der Waals surface area (Å²) >= 11 is 1.42. The van der Waals surface area contributed by atoms with Gasteiger partial charge in [0.1, 0.15) is 6.04 Å². The number of aromatic nitrogens is 1. The monoisotopic (exact) mass is 254 g/mol. The van der Waals surface area contributed by atoms with Gasteiger partial charge in [0.25, 0.3) is 0 Å². The average molecular weight is 254 g/mol. The van der Waals surface area contributed by atoms with Gasteiger partial charge in [-0.1, -0.05) is 19.3 Å². The largest absolute Gasteiger partial charge is 0.480 e. The van der Waals surface area contributed by atoms with Crippen LogP contribution < -0.4 is 5.32 Å². The standard InChI is InChI=1S/C12H18N2O2S/c1-8-11(17-7-13-8)10(12(15)16)14-9-5-3-2-4-6-9/h7,9-10,14H,2-6H2,1H3,(H,15,16). The van der Waals surface area contributed by atoms with Crippen molar-refractivity contribution in [3.8, 4) is 0 Å². The zero-order chi connectivity index (χ0) is 12.3.